The molecule has 6 heteroatoms. The Morgan fingerprint density at radius 3 is 2.52 bits per heavy atom. The topological polar surface area (TPSA) is 66.7 Å². The molecule has 0 saturated heterocycles. The first-order chi connectivity index (χ1) is 9.71. The van der Waals surface area contributed by atoms with Crippen molar-refractivity contribution in [1.29, 1.82) is 0 Å². The van der Waals surface area contributed by atoms with Crippen molar-refractivity contribution in [2.24, 2.45) is 5.10 Å². The second-order valence-electron chi connectivity index (χ2n) is 5.82. The van der Waals surface area contributed by atoms with Crippen molar-refractivity contribution in [3.8, 4) is 0 Å². The fourth-order valence-electron chi connectivity index (χ4n) is 2.20. The summed E-state index contributed by atoms with van der Waals surface area (Å²) in [7, 11) is 0. The fourth-order valence-corrected chi connectivity index (χ4v) is 2.37. The maximum absolute atomic E-state index is 11.7. The summed E-state index contributed by atoms with van der Waals surface area (Å²) >= 11 is 5.97. The minimum atomic E-state index is -1.08. The molecule has 0 fully saturated rings. The van der Waals surface area contributed by atoms with E-state index in [1.54, 1.807) is 39.0 Å². The number of aldehydes is 1. The molecule has 21 heavy (non-hydrogen) atoms. The van der Waals surface area contributed by atoms with Crippen LogP contribution in [0.2, 0.25) is 5.02 Å². The van der Waals surface area contributed by atoms with E-state index >= 15 is 0 Å². The molecule has 0 bridgehead atoms. The van der Waals surface area contributed by atoms with Crippen LogP contribution < -0.4 is 0 Å². The molecule has 1 unspecified atom stereocenters. The lowest BCUT2D eigenvalue weighted by molar-refractivity contribution is -0.859. The zero-order chi connectivity index (χ0) is 15.8. The van der Waals surface area contributed by atoms with Crippen LogP contribution in [0, 0.1) is 0 Å². The summed E-state index contributed by atoms with van der Waals surface area (Å²) in [6.45, 7) is 5.36. The molecular weight excluding hydrogens is 292 g/mol. The number of hydrogen-bond donors (Lipinski definition) is 1. The lowest BCUT2D eigenvalue weighted by atomic mass is 10.0. The predicted octanol–water partition coefficient (Wildman–Crippen LogP) is 3.79. The van der Waals surface area contributed by atoms with E-state index in [1.165, 1.54) is 12.4 Å². The average molecular weight is 308 g/mol. The van der Waals surface area contributed by atoms with Crippen LogP contribution in [-0.4, -0.2) is 33.8 Å². The first-order valence-corrected chi connectivity index (χ1v) is 6.75. The van der Waals surface area contributed by atoms with Crippen molar-refractivity contribution in [1.82, 2.24) is 0 Å². The third kappa shape index (κ3) is 2.50. The van der Waals surface area contributed by atoms with E-state index in [0.29, 0.717) is 28.0 Å². The third-order valence-electron chi connectivity index (χ3n) is 3.47. The Morgan fingerprint density at radius 2 is 2.05 bits per heavy atom. The van der Waals surface area contributed by atoms with Gasteiger partial charge in [0.2, 0.25) is 0 Å². The first-order valence-electron chi connectivity index (χ1n) is 6.37. The molecule has 2 rings (SSSR count). The highest BCUT2D eigenvalue weighted by molar-refractivity contribution is 6.31. The van der Waals surface area contributed by atoms with Gasteiger partial charge in [0.05, 0.1) is 11.8 Å². The Labute approximate surface area is 127 Å². The Bertz CT molecular complexity index is 674. The van der Waals surface area contributed by atoms with Gasteiger partial charge in [-0.2, -0.15) is 4.79 Å². The predicted molar refractivity (Wildman–Crippen MR) is 81.3 cm³/mol. The fraction of sp³-hybridized carbons (Fsp3) is 0.267. The number of carboxylic acid groups (broad SMARTS) is 1. The van der Waals surface area contributed by atoms with Gasteiger partial charge < -0.3 is 5.11 Å². The molecule has 0 saturated carbocycles. The molecule has 0 radical (unpaired) electrons. The van der Waals surface area contributed by atoms with Crippen LogP contribution >= 0.6 is 11.6 Å². The smallest absolute Gasteiger partial charge is 0.433 e. The van der Waals surface area contributed by atoms with Crippen LogP contribution in [0.1, 0.15) is 36.7 Å². The van der Waals surface area contributed by atoms with Crippen molar-refractivity contribution in [3.05, 3.63) is 40.5 Å². The molecule has 1 atom stereocenters. The molecule has 1 amide bonds. The summed E-state index contributed by atoms with van der Waals surface area (Å²) in [6.07, 6.45) is 2.63. The van der Waals surface area contributed by atoms with Crippen LogP contribution in [-0.2, 0) is 0 Å². The molecule has 1 aromatic rings. The van der Waals surface area contributed by atoms with Gasteiger partial charge in [-0.05, 0) is 39.0 Å². The summed E-state index contributed by atoms with van der Waals surface area (Å²) in [5.74, 6) is 0. The molecule has 5 nitrogen and oxygen atoms in total. The number of quaternary nitrogens is 1. The van der Waals surface area contributed by atoms with E-state index in [1.807, 2.05) is 0 Å². The van der Waals surface area contributed by atoms with Gasteiger partial charge in [0.25, 0.3) is 0 Å². The van der Waals surface area contributed by atoms with Gasteiger partial charge >= 0.3 is 6.09 Å². The van der Waals surface area contributed by atoms with E-state index in [9.17, 15) is 14.7 Å². The number of benzene rings is 1. The summed E-state index contributed by atoms with van der Waals surface area (Å²) in [5.41, 5.74) is 0.921. The lowest BCUT2D eigenvalue weighted by Crippen LogP contribution is -2.54. The van der Waals surface area contributed by atoms with Crippen LogP contribution in [0.25, 0.3) is 5.57 Å². The number of allylic oxidation sites excluding steroid dienone is 1. The zero-order valence-corrected chi connectivity index (χ0v) is 12.8. The summed E-state index contributed by atoms with van der Waals surface area (Å²) < 4.78 is -0.576. The molecule has 0 aromatic heterocycles. The quantitative estimate of drug-likeness (QED) is 0.667. The van der Waals surface area contributed by atoms with Crippen molar-refractivity contribution < 1.29 is 19.3 Å². The second-order valence-corrected chi connectivity index (χ2v) is 6.25. The molecule has 0 spiro atoms. The van der Waals surface area contributed by atoms with Crippen molar-refractivity contribution in [3.63, 3.8) is 0 Å². The van der Waals surface area contributed by atoms with Crippen LogP contribution in [0.3, 0.4) is 0 Å². The molecule has 1 aliphatic heterocycles. The van der Waals surface area contributed by atoms with Gasteiger partial charge in [-0.3, -0.25) is 4.79 Å². The normalized spacial score (nSPS) is 21.2. The number of nitrogens with zero attached hydrogens (tertiary/aromatic N) is 2. The molecule has 1 aliphatic rings. The molecular formula is C15H16ClN2O3+. The number of amides is 1. The lowest BCUT2D eigenvalue weighted by Gasteiger charge is -2.32. The van der Waals surface area contributed by atoms with E-state index < -0.39 is 16.2 Å². The minimum Gasteiger partial charge on any atom is -0.433 e. The van der Waals surface area contributed by atoms with Crippen molar-refractivity contribution >= 4 is 35.8 Å². The monoisotopic (exact) mass is 307 g/mol. The van der Waals surface area contributed by atoms with Crippen molar-refractivity contribution in [2.45, 2.75) is 26.3 Å². The van der Waals surface area contributed by atoms with Crippen molar-refractivity contribution in [2.75, 3.05) is 0 Å². The maximum atomic E-state index is 11.7. The summed E-state index contributed by atoms with van der Waals surface area (Å²) in [4.78, 5) is 22.8. The minimum absolute atomic E-state index is 0.441. The standard InChI is InChI=1S/C15H15ClN2O3/c1-15(2,3)18(14(20)21)8-11(7-17-18)13-6-12(16)5-4-10(13)9-19/h4-9H,1-3H3/p+1. The number of halogens is 1. The maximum Gasteiger partial charge on any atom is 0.546 e. The Hall–Kier alpha value is -1.98. The number of carbonyl (C=O) groups excluding carboxylic acids is 1. The highest BCUT2D eigenvalue weighted by atomic mass is 35.5. The highest BCUT2D eigenvalue weighted by Gasteiger charge is 2.50. The molecule has 1 N–H and O–H groups in total. The molecule has 1 aromatic carbocycles. The Morgan fingerprint density at radius 1 is 1.38 bits per heavy atom. The van der Waals surface area contributed by atoms with E-state index in [0.717, 1.165) is 0 Å². The SMILES string of the molecule is CC(C)(C)[N+]1(C(=O)O)C=C(c2cc(Cl)ccc2C=O)C=N1. The van der Waals surface area contributed by atoms with Crippen LogP contribution in [0.4, 0.5) is 4.79 Å². The van der Waals surface area contributed by atoms with Gasteiger partial charge in [0.1, 0.15) is 11.7 Å². The summed E-state index contributed by atoms with van der Waals surface area (Å²) in [6, 6.07) is 4.85. The first kappa shape index (κ1) is 15.4. The van der Waals surface area contributed by atoms with Gasteiger partial charge in [0, 0.05) is 16.1 Å². The Balaban J connectivity index is 2.61. The molecule has 1 heterocycles. The number of carbonyl (C=O) groups is 2. The number of rotatable bonds is 2. The van der Waals surface area contributed by atoms with E-state index in [4.69, 9.17) is 11.6 Å². The van der Waals surface area contributed by atoms with Gasteiger partial charge in [-0.15, -0.1) is 0 Å². The van der Waals surface area contributed by atoms with Gasteiger partial charge in [-0.25, -0.2) is 0 Å². The molecule has 0 aliphatic carbocycles. The number of hydrogen-bond acceptors (Lipinski definition) is 3. The van der Waals surface area contributed by atoms with E-state index in [2.05, 4.69) is 5.10 Å². The van der Waals surface area contributed by atoms with Crippen LogP contribution in [0.5, 0.6) is 0 Å². The van der Waals surface area contributed by atoms with Crippen LogP contribution in [0.15, 0.2) is 29.5 Å². The summed E-state index contributed by atoms with van der Waals surface area (Å²) in [5, 5.41) is 14.2. The highest BCUT2D eigenvalue weighted by Crippen LogP contribution is 2.35. The van der Waals surface area contributed by atoms with Gasteiger partial charge in [0.15, 0.2) is 6.29 Å². The largest absolute Gasteiger partial charge is 0.546 e. The average Bonchev–Trinajstić information content (AvgIpc) is 2.84. The zero-order valence-electron chi connectivity index (χ0n) is 12.0. The second kappa shape index (κ2) is 5.09. The Kier molecular flexibility index (Phi) is 3.74. The van der Waals surface area contributed by atoms with Gasteiger partial charge in [-0.1, -0.05) is 21.3 Å². The van der Waals surface area contributed by atoms with E-state index in [-0.39, 0.29) is 0 Å². The third-order valence-corrected chi connectivity index (χ3v) is 3.71. The molecule has 110 valence electrons.